The molecule has 3 nitrogen and oxygen atoms in total. The van der Waals surface area contributed by atoms with Crippen molar-refractivity contribution in [1.29, 1.82) is 0 Å². The van der Waals surface area contributed by atoms with Crippen molar-refractivity contribution in [2.75, 3.05) is 6.54 Å². The number of hydrogen-bond acceptors (Lipinski definition) is 1. The van der Waals surface area contributed by atoms with E-state index in [9.17, 15) is 4.79 Å². The maximum atomic E-state index is 12.5. The van der Waals surface area contributed by atoms with Crippen molar-refractivity contribution in [2.24, 2.45) is 7.05 Å². The zero-order valence-corrected chi connectivity index (χ0v) is 12.4. The minimum absolute atomic E-state index is 0.0191. The number of amides is 1. The van der Waals surface area contributed by atoms with E-state index in [0.717, 1.165) is 4.47 Å². The number of halogens is 1. The molecule has 1 aromatic rings. The molecule has 0 unspecified atom stereocenters. The van der Waals surface area contributed by atoms with Gasteiger partial charge in [-0.15, -0.1) is 6.58 Å². The van der Waals surface area contributed by atoms with E-state index in [1.54, 1.807) is 6.08 Å². The van der Waals surface area contributed by atoms with Crippen LogP contribution in [0.15, 0.2) is 29.4 Å². The van der Waals surface area contributed by atoms with Crippen LogP contribution in [0.5, 0.6) is 0 Å². The van der Waals surface area contributed by atoms with Crippen molar-refractivity contribution in [2.45, 2.75) is 26.3 Å². The summed E-state index contributed by atoms with van der Waals surface area (Å²) in [4.78, 5) is 14.3. The molecule has 0 spiro atoms. The van der Waals surface area contributed by atoms with Gasteiger partial charge < -0.3 is 9.47 Å². The molecule has 0 atom stereocenters. The van der Waals surface area contributed by atoms with Gasteiger partial charge in [0.05, 0.1) is 0 Å². The van der Waals surface area contributed by atoms with Gasteiger partial charge >= 0.3 is 0 Å². The van der Waals surface area contributed by atoms with Crippen LogP contribution in [0.25, 0.3) is 0 Å². The number of carbonyl (C=O) groups excluding carboxylic acids is 1. The molecule has 1 aromatic heterocycles. The summed E-state index contributed by atoms with van der Waals surface area (Å²) in [5.74, 6) is 0.0191. The average Bonchev–Trinajstić information content (AvgIpc) is 2.51. The normalized spacial score (nSPS) is 11.4. The quantitative estimate of drug-likeness (QED) is 0.787. The first-order valence-electron chi connectivity index (χ1n) is 5.52. The van der Waals surface area contributed by atoms with Crippen LogP contribution in [0.1, 0.15) is 31.3 Å². The van der Waals surface area contributed by atoms with Crippen LogP contribution < -0.4 is 0 Å². The van der Waals surface area contributed by atoms with Crippen LogP contribution in [0.4, 0.5) is 0 Å². The van der Waals surface area contributed by atoms with Crippen LogP contribution in [0.2, 0.25) is 0 Å². The van der Waals surface area contributed by atoms with Gasteiger partial charge in [-0.1, -0.05) is 6.08 Å². The number of nitrogens with zero attached hydrogens (tertiary/aromatic N) is 2. The Balaban J connectivity index is 3.08. The van der Waals surface area contributed by atoms with E-state index in [-0.39, 0.29) is 11.4 Å². The topological polar surface area (TPSA) is 25.2 Å². The monoisotopic (exact) mass is 298 g/mol. The summed E-state index contributed by atoms with van der Waals surface area (Å²) in [6.07, 6.45) is 3.63. The van der Waals surface area contributed by atoms with Gasteiger partial charge in [-0.3, -0.25) is 4.79 Å². The predicted octanol–water partition coefficient (Wildman–Crippen LogP) is 3.21. The maximum Gasteiger partial charge on any atom is 0.271 e. The van der Waals surface area contributed by atoms with E-state index >= 15 is 0 Å². The van der Waals surface area contributed by atoms with E-state index in [1.807, 2.05) is 49.5 Å². The molecule has 1 rings (SSSR count). The summed E-state index contributed by atoms with van der Waals surface area (Å²) in [7, 11) is 1.87. The van der Waals surface area contributed by atoms with Crippen LogP contribution >= 0.6 is 15.9 Å². The molecule has 1 amide bonds. The highest BCUT2D eigenvalue weighted by Gasteiger charge is 2.27. The van der Waals surface area contributed by atoms with Crippen LogP contribution in [-0.4, -0.2) is 27.5 Å². The lowest BCUT2D eigenvalue weighted by molar-refractivity contribution is 0.0606. The number of aryl methyl sites for hydroxylation is 1. The van der Waals surface area contributed by atoms with Crippen molar-refractivity contribution in [3.8, 4) is 0 Å². The summed E-state index contributed by atoms with van der Waals surface area (Å²) in [5.41, 5.74) is 0.454. The van der Waals surface area contributed by atoms with Gasteiger partial charge in [0.25, 0.3) is 5.91 Å². The Labute approximate surface area is 111 Å². The van der Waals surface area contributed by atoms with Gasteiger partial charge in [-0.25, -0.2) is 0 Å². The Hall–Kier alpha value is -1.03. The number of carbonyl (C=O) groups is 1. The lowest BCUT2D eigenvalue weighted by atomic mass is 10.1. The van der Waals surface area contributed by atoms with Crippen LogP contribution in [-0.2, 0) is 7.05 Å². The van der Waals surface area contributed by atoms with E-state index in [0.29, 0.717) is 12.2 Å². The standard InChI is InChI=1S/C13H19BrN2O/c1-6-7-16(13(2,3)4)12(17)11-8-10(14)9-15(11)5/h6,8-9H,1,7H2,2-5H3. The lowest BCUT2D eigenvalue weighted by Crippen LogP contribution is -2.46. The smallest absolute Gasteiger partial charge is 0.271 e. The van der Waals surface area contributed by atoms with Crippen molar-refractivity contribution in [1.82, 2.24) is 9.47 Å². The molecule has 4 heteroatoms. The van der Waals surface area contributed by atoms with E-state index in [4.69, 9.17) is 0 Å². The molecule has 0 aliphatic carbocycles. The Bertz CT molecular complexity index is 429. The molecular weight excluding hydrogens is 280 g/mol. The van der Waals surface area contributed by atoms with Crippen molar-refractivity contribution in [3.05, 3.63) is 35.1 Å². The molecular formula is C13H19BrN2O. The Morgan fingerprint density at radius 2 is 2.18 bits per heavy atom. The Morgan fingerprint density at radius 1 is 1.59 bits per heavy atom. The summed E-state index contributed by atoms with van der Waals surface area (Å²) < 4.78 is 2.74. The second-order valence-corrected chi connectivity index (χ2v) is 5.95. The molecule has 0 saturated carbocycles. The van der Waals surface area contributed by atoms with Gasteiger partial charge in [-0.2, -0.15) is 0 Å². The average molecular weight is 299 g/mol. The fourth-order valence-corrected chi connectivity index (χ4v) is 2.19. The highest BCUT2D eigenvalue weighted by molar-refractivity contribution is 9.10. The maximum absolute atomic E-state index is 12.5. The fourth-order valence-electron chi connectivity index (χ4n) is 1.67. The van der Waals surface area contributed by atoms with Crippen molar-refractivity contribution >= 4 is 21.8 Å². The first-order valence-corrected chi connectivity index (χ1v) is 6.31. The number of rotatable bonds is 3. The van der Waals surface area contributed by atoms with Gasteiger partial charge in [-0.05, 0) is 42.8 Å². The first-order chi connectivity index (χ1) is 7.77. The van der Waals surface area contributed by atoms with E-state index < -0.39 is 0 Å². The molecule has 0 fully saturated rings. The molecule has 0 N–H and O–H groups in total. The molecule has 0 radical (unpaired) electrons. The number of hydrogen-bond donors (Lipinski definition) is 0. The zero-order chi connectivity index (χ0) is 13.2. The SMILES string of the molecule is C=CCN(C(=O)c1cc(Br)cn1C)C(C)(C)C. The largest absolute Gasteiger partial charge is 0.345 e. The summed E-state index contributed by atoms with van der Waals surface area (Å²) >= 11 is 3.38. The Kier molecular flexibility index (Phi) is 4.20. The lowest BCUT2D eigenvalue weighted by Gasteiger charge is -2.35. The van der Waals surface area contributed by atoms with Crippen molar-refractivity contribution in [3.63, 3.8) is 0 Å². The predicted molar refractivity (Wildman–Crippen MR) is 74.1 cm³/mol. The van der Waals surface area contributed by atoms with Gasteiger partial charge in [0.15, 0.2) is 0 Å². The third kappa shape index (κ3) is 3.22. The molecule has 1 heterocycles. The Morgan fingerprint density at radius 3 is 2.53 bits per heavy atom. The van der Waals surface area contributed by atoms with E-state index in [1.165, 1.54) is 0 Å². The fraction of sp³-hybridized carbons (Fsp3) is 0.462. The van der Waals surface area contributed by atoms with Crippen LogP contribution in [0.3, 0.4) is 0 Å². The van der Waals surface area contributed by atoms with Gasteiger partial charge in [0, 0.05) is 29.8 Å². The van der Waals surface area contributed by atoms with Gasteiger partial charge in [0.2, 0.25) is 0 Å². The molecule has 94 valence electrons. The molecule has 0 aromatic carbocycles. The van der Waals surface area contributed by atoms with Gasteiger partial charge in [0.1, 0.15) is 5.69 Å². The van der Waals surface area contributed by atoms with E-state index in [2.05, 4.69) is 22.5 Å². The first kappa shape index (κ1) is 14.0. The third-order valence-electron chi connectivity index (χ3n) is 2.56. The number of aromatic nitrogens is 1. The second-order valence-electron chi connectivity index (χ2n) is 5.03. The molecule has 0 saturated heterocycles. The molecule has 17 heavy (non-hydrogen) atoms. The summed E-state index contributed by atoms with van der Waals surface area (Å²) in [5, 5.41) is 0. The summed E-state index contributed by atoms with van der Waals surface area (Å²) in [6, 6.07) is 1.84. The highest BCUT2D eigenvalue weighted by atomic mass is 79.9. The molecule has 0 aliphatic heterocycles. The zero-order valence-electron chi connectivity index (χ0n) is 10.8. The minimum atomic E-state index is -0.220. The summed E-state index contributed by atoms with van der Waals surface area (Å²) in [6.45, 7) is 10.3. The van der Waals surface area contributed by atoms with Crippen molar-refractivity contribution < 1.29 is 4.79 Å². The van der Waals surface area contributed by atoms with Crippen LogP contribution in [0, 0.1) is 0 Å². The second kappa shape index (κ2) is 5.08. The third-order valence-corrected chi connectivity index (χ3v) is 2.99. The molecule has 0 bridgehead atoms. The minimum Gasteiger partial charge on any atom is -0.345 e. The molecule has 0 aliphatic rings. The highest BCUT2D eigenvalue weighted by Crippen LogP contribution is 2.20.